The van der Waals surface area contributed by atoms with Gasteiger partial charge in [0.25, 0.3) is 5.91 Å². The van der Waals surface area contributed by atoms with Crippen molar-refractivity contribution in [2.75, 3.05) is 30.7 Å². The van der Waals surface area contributed by atoms with Crippen molar-refractivity contribution in [1.29, 1.82) is 0 Å². The Kier molecular flexibility index (Phi) is 4.22. The minimum absolute atomic E-state index is 0.0128. The van der Waals surface area contributed by atoms with Gasteiger partial charge in [0.1, 0.15) is 0 Å². The van der Waals surface area contributed by atoms with Gasteiger partial charge < -0.3 is 10.2 Å². The van der Waals surface area contributed by atoms with E-state index in [2.05, 4.69) is 22.4 Å². The molecule has 1 fully saturated rings. The Morgan fingerprint density at radius 2 is 2.41 bits per heavy atom. The zero-order chi connectivity index (χ0) is 12.3. The maximum atomic E-state index is 12.2. The van der Waals surface area contributed by atoms with Gasteiger partial charge in [0.05, 0.1) is 0 Å². The number of nitrogens with zero attached hydrogens (tertiary/aromatic N) is 3. The molecule has 7 heteroatoms. The molecule has 1 aromatic heterocycles. The van der Waals surface area contributed by atoms with Crippen LogP contribution in [0.3, 0.4) is 0 Å². The number of hydrogen-bond acceptors (Lipinski definition) is 6. The third-order valence-corrected chi connectivity index (χ3v) is 4.47. The number of thioether (sulfide) groups is 1. The number of nitrogens with one attached hydrogen (secondary N) is 1. The zero-order valence-corrected chi connectivity index (χ0v) is 11.6. The van der Waals surface area contributed by atoms with Crippen LogP contribution in [0.2, 0.25) is 0 Å². The van der Waals surface area contributed by atoms with E-state index in [1.165, 1.54) is 11.3 Å². The predicted octanol–water partition coefficient (Wildman–Crippen LogP) is 1.55. The van der Waals surface area contributed by atoms with Gasteiger partial charge in [-0.2, -0.15) is 11.8 Å². The molecule has 1 unspecified atom stereocenters. The largest absolute Gasteiger partial charge is 0.360 e. The standard InChI is InChI=1S/C10H16N4OS2/c1-3-11-10-13-12-8(17-10)9(15)14-4-5-16-7(2)6-14/h7H,3-6H2,1-2H3,(H,11,13). The van der Waals surface area contributed by atoms with Gasteiger partial charge in [-0.05, 0) is 6.92 Å². The Labute approximate surface area is 109 Å². The highest BCUT2D eigenvalue weighted by atomic mass is 32.2. The molecule has 0 bridgehead atoms. The Bertz CT molecular complexity index is 395. The summed E-state index contributed by atoms with van der Waals surface area (Å²) >= 11 is 3.24. The molecule has 5 nitrogen and oxygen atoms in total. The molecule has 0 radical (unpaired) electrons. The number of rotatable bonds is 3. The summed E-state index contributed by atoms with van der Waals surface area (Å²) in [6.07, 6.45) is 0. The Hall–Kier alpha value is -0.820. The van der Waals surface area contributed by atoms with Crippen LogP contribution in [0.15, 0.2) is 0 Å². The molecular weight excluding hydrogens is 256 g/mol. The highest BCUT2D eigenvalue weighted by Gasteiger charge is 2.24. The third kappa shape index (κ3) is 3.10. The van der Waals surface area contributed by atoms with Gasteiger partial charge in [-0.25, -0.2) is 0 Å². The highest BCUT2D eigenvalue weighted by molar-refractivity contribution is 7.99. The predicted molar refractivity (Wildman–Crippen MR) is 71.9 cm³/mol. The molecule has 1 atom stereocenters. The first-order valence-corrected chi connectivity index (χ1v) is 7.55. The van der Waals surface area contributed by atoms with Crippen molar-refractivity contribution in [3.05, 3.63) is 5.01 Å². The van der Waals surface area contributed by atoms with Crippen molar-refractivity contribution in [1.82, 2.24) is 15.1 Å². The number of amides is 1. The molecule has 1 aromatic rings. The maximum absolute atomic E-state index is 12.2. The second-order valence-corrected chi connectivity index (χ2v) is 6.40. The van der Waals surface area contributed by atoms with Gasteiger partial charge in [-0.1, -0.05) is 18.3 Å². The molecule has 0 spiro atoms. The Morgan fingerprint density at radius 3 is 3.12 bits per heavy atom. The number of carbonyl (C=O) groups is 1. The number of hydrogen-bond donors (Lipinski definition) is 1. The van der Waals surface area contributed by atoms with Crippen molar-refractivity contribution in [2.24, 2.45) is 0 Å². The topological polar surface area (TPSA) is 58.1 Å². The summed E-state index contributed by atoms with van der Waals surface area (Å²) in [6.45, 7) is 6.55. The molecule has 0 saturated carbocycles. The minimum Gasteiger partial charge on any atom is -0.360 e. The van der Waals surface area contributed by atoms with Crippen LogP contribution >= 0.6 is 23.1 Å². The van der Waals surface area contributed by atoms with Crippen LogP contribution < -0.4 is 5.32 Å². The van der Waals surface area contributed by atoms with E-state index in [1.807, 2.05) is 23.6 Å². The van der Waals surface area contributed by atoms with Crippen LogP contribution in [0.4, 0.5) is 5.13 Å². The Balaban J connectivity index is 2.02. The molecule has 2 rings (SSSR count). The lowest BCUT2D eigenvalue weighted by Gasteiger charge is -2.29. The van der Waals surface area contributed by atoms with Gasteiger partial charge >= 0.3 is 0 Å². The van der Waals surface area contributed by atoms with Crippen LogP contribution in [0, 0.1) is 0 Å². The summed E-state index contributed by atoms with van der Waals surface area (Å²) in [7, 11) is 0. The summed E-state index contributed by atoms with van der Waals surface area (Å²) < 4.78 is 0. The monoisotopic (exact) mass is 272 g/mol. The maximum Gasteiger partial charge on any atom is 0.284 e. The van der Waals surface area contributed by atoms with Crippen LogP contribution in [0.5, 0.6) is 0 Å². The third-order valence-electron chi connectivity index (χ3n) is 2.46. The van der Waals surface area contributed by atoms with Crippen LogP contribution in [-0.2, 0) is 0 Å². The van der Waals surface area contributed by atoms with E-state index in [0.717, 1.165) is 30.5 Å². The van der Waals surface area contributed by atoms with Crippen molar-refractivity contribution in [3.63, 3.8) is 0 Å². The number of aromatic nitrogens is 2. The lowest BCUT2D eigenvalue weighted by molar-refractivity contribution is 0.0762. The molecule has 1 saturated heterocycles. The first kappa shape index (κ1) is 12.6. The summed E-state index contributed by atoms with van der Waals surface area (Å²) in [6, 6.07) is 0. The van der Waals surface area contributed by atoms with Crippen LogP contribution in [0.25, 0.3) is 0 Å². The van der Waals surface area contributed by atoms with E-state index < -0.39 is 0 Å². The molecule has 2 heterocycles. The van der Waals surface area contributed by atoms with E-state index in [1.54, 1.807) is 0 Å². The van der Waals surface area contributed by atoms with Gasteiger partial charge in [0.2, 0.25) is 10.1 Å². The smallest absolute Gasteiger partial charge is 0.284 e. The van der Waals surface area contributed by atoms with E-state index >= 15 is 0 Å². The summed E-state index contributed by atoms with van der Waals surface area (Å²) in [5, 5.41) is 12.7. The first-order chi connectivity index (χ1) is 8.20. The molecule has 1 amide bonds. The van der Waals surface area contributed by atoms with Crippen molar-refractivity contribution in [3.8, 4) is 0 Å². The number of carbonyl (C=O) groups excluding carboxylic acids is 1. The van der Waals surface area contributed by atoms with Crippen LogP contribution in [0.1, 0.15) is 23.6 Å². The zero-order valence-electron chi connectivity index (χ0n) is 9.97. The normalized spacial score (nSPS) is 20.4. The molecule has 17 heavy (non-hydrogen) atoms. The van der Waals surface area contributed by atoms with E-state index in [-0.39, 0.29) is 5.91 Å². The molecular formula is C10H16N4OS2. The fourth-order valence-corrected chi connectivity index (χ4v) is 3.46. The average Bonchev–Trinajstić information content (AvgIpc) is 2.77. The van der Waals surface area contributed by atoms with Gasteiger partial charge in [-0.3, -0.25) is 4.79 Å². The fraction of sp³-hybridized carbons (Fsp3) is 0.700. The lowest BCUT2D eigenvalue weighted by atomic mass is 10.3. The molecule has 0 aromatic carbocycles. The van der Waals surface area contributed by atoms with Crippen molar-refractivity contribution >= 4 is 34.1 Å². The fourth-order valence-electron chi connectivity index (χ4n) is 1.67. The molecule has 94 valence electrons. The SMILES string of the molecule is CCNc1nnc(C(=O)N2CCSC(C)C2)s1. The first-order valence-electron chi connectivity index (χ1n) is 5.69. The molecule has 1 aliphatic heterocycles. The quantitative estimate of drug-likeness (QED) is 0.904. The van der Waals surface area contributed by atoms with Crippen LogP contribution in [-0.4, -0.2) is 51.6 Å². The summed E-state index contributed by atoms with van der Waals surface area (Å²) in [4.78, 5) is 14.0. The minimum atomic E-state index is 0.0128. The van der Waals surface area contributed by atoms with E-state index in [0.29, 0.717) is 10.3 Å². The number of anilines is 1. The average molecular weight is 272 g/mol. The molecule has 1 N–H and O–H groups in total. The van der Waals surface area contributed by atoms with Crippen molar-refractivity contribution < 1.29 is 4.79 Å². The lowest BCUT2D eigenvalue weighted by Crippen LogP contribution is -2.41. The molecule has 0 aliphatic carbocycles. The van der Waals surface area contributed by atoms with Crippen molar-refractivity contribution in [2.45, 2.75) is 19.1 Å². The summed E-state index contributed by atoms with van der Waals surface area (Å²) in [5.74, 6) is 1.02. The second-order valence-electron chi connectivity index (χ2n) is 3.88. The van der Waals surface area contributed by atoms with E-state index in [9.17, 15) is 4.79 Å². The summed E-state index contributed by atoms with van der Waals surface area (Å²) in [5.41, 5.74) is 0. The van der Waals surface area contributed by atoms with Gasteiger partial charge in [0.15, 0.2) is 0 Å². The van der Waals surface area contributed by atoms with Gasteiger partial charge in [0, 0.05) is 30.6 Å². The van der Waals surface area contributed by atoms with Gasteiger partial charge in [-0.15, -0.1) is 10.2 Å². The Morgan fingerprint density at radius 1 is 1.59 bits per heavy atom. The molecule has 1 aliphatic rings. The highest BCUT2D eigenvalue weighted by Crippen LogP contribution is 2.22. The van der Waals surface area contributed by atoms with E-state index in [4.69, 9.17) is 0 Å². The second kappa shape index (κ2) is 5.68.